The van der Waals surface area contributed by atoms with Crippen LogP contribution >= 0.6 is 12.2 Å². The molecule has 0 saturated carbocycles. The van der Waals surface area contributed by atoms with Crippen LogP contribution in [-0.2, 0) is 14.1 Å². The zero-order valence-corrected chi connectivity index (χ0v) is 10.8. The Kier molecular flexibility index (Phi) is 3.20. The second-order valence-corrected chi connectivity index (χ2v) is 4.85. The van der Waals surface area contributed by atoms with Crippen molar-refractivity contribution in [2.45, 2.75) is 39.5 Å². The Morgan fingerprint density at radius 3 is 1.36 bits per heavy atom. The monoisotopic (exact) mass is 212 g/mol. The van der Waals surface area contributed by atoms with Gasteiger partial charge in [-0.15, -0.1) is 0 Å². The maximum absolute atomic E-state index is 5.37. The van der Waals surface area contributed by atoms with E-state index in [4.69, 9.17) is 12.2 Å². The predicted octanol–water partition coefficient (Wildman–Crippen LogP) is 3.34. The lowest BCUT2D eigenvalue weighted by Crippen LogP contribution is -2.04. The van der Waals surface area contributed by atoms with Crippen molar-refractivity contribution in [1.29, 1.82) is 0 Å². The molecule has 1 aromatic rings. The summed E-state index contributed by atoms with van der Waals surface area (Å²) < 4.78 is 5.18. The summed E-state index contributed by atoms with van der Waals surface area (Å²) in [5.74, 6) is 1.06. The molecule has 0 radical (unpaired) electrons. The summed E-state index contributed by atoms with van der Waals surface area (Å²) in [4.78, 5) is 0. The van der Waals surface area contributed by atoms with Crippen molar-refractivity contribution in [3.8, 4) is 0 Å². The van der Waals surface area contributed by atoms with E-state index in [-0.39, 0.29) is 0 Å². The molecular weight excluding hydrogens is 192 g/mol. The minimum atomic E-state index is 0.528. The van der Waals surface area contributed by atoms with Crippen molar-refractivity contribution in [2.24, 2.45) is 14.1 Å². The molecule has 0 fully saturated rings. The quantitative estimate of drug-likeness (QED) is 0.684. The van der Waals surface area contributed by atoms with Crippen LogP contribution in [-0.4, -0.2) is 9.13 Å². The van der Waals surface area contributed by atoms with Crippen molar-refractivity contribution in [3.63, 3.8) is 0 Å². The van der Waals surface area contributed by atoms with E-state index in [1.807, 2.05) is 0 Å². The molecule has 0 atom stereocenters. The molecule has 3 heteroatoms. The number of rotatable bonds is 2. The van der Waals surface area contributed by atoms with Gasteiger partial charge < -0.3 is 9.13 Å². The number of aromatic nitrogens is 2. The Labute approximate surface area is 91.6 Å². The minimum absolute atomic E-state index is 0.528. The van der Waals surface area contributed by atoms with Gasteiger partial charge in [0.15, 0.2) is 4.77 Å². The third-order valence-electron chi connectivity index (χ3n) is 2.65. The Hall–Kier alpha value is -0.570. The zero-order valence-electron chi connectivity index (χ0n) is 9.96. The molecule has 1 aromatic heterocycles. The molecule has 0 saturated heterocycles. The summed E-state index contributed by atoms with van der Waals surface area (Å²) in [7, 11) is 4.12. The first-order chi connectivity index (χ1) is 6.37. The molecule has 0 amide bonds. The molecule has 14 heavy (non-hydrogen) atoms. The Bertz CT molecular complexity index is 348. The van der Waals surface area contributed by atoms with Crippen molar-refractivity contribution in [2.75, 3.05) is 0 Å². The van der Waals surface area contributed by atoms with Gasteiger partial charge in [-0.05, 0) is 24.1 Å². The lowest BCUT2D eigenvalue weighted by Gasteiger charge is -2.13. The van der Waals surface area contributed by atoms with Gasteiger partial charge in [-0.25, -0.2) is 0 Å². The first kappa shape index (κ1) is 11.5. The maximum atomic E-state index is 5.37. The summed E-state index contributed by atoms with van der Waals surface area (Å²) in [5.41, 5.74) is 2.74. The van der Waals surface area contributed by atoms with Gasteiger partial charge in [0.2, 0.25) is 0 Å². The fraction of sp³-hybridized carbons (Fsp3) is 0.727. The van der Waals surface area contributed by atoms with E-state index in [0.717, 1.165) is 4.77 Å². The molecule has 0 aliphatic carbocycles. The average Bonchev–Trinajstić information content (AvgIpc) is 2.29. The highest BCUT2D eigenvalue weighted by molar-refractivity contribution is 7.71. The normalized spacial score (nSPS) is 11.7. The fourth-order valence-corrected chi connectivity index (χ4v) is 2.34. The maximum Gasteiger partial charge on any atom is 0.179 e. The zero-order chi connectivity index (χ0) is 11.0. The second kappa shape index (κ2) is 3.89. The molecule has 2 nitrogen and oxygen atoms in total. The predicted molar refractivity (Wildman–Crippen MR) is 63.4 cm³/mol. The van der Waals surface area contributed by atoms with Crippen molar-refractivity contribution >= 4 is 12.2 Å². The summed E-state index contributed by atoms with van der Waals surface area (Å²) in [6.07, 6.45) is 0. The Morgan fingerprint density at radius 2 is 1.14 bits per heavy atom. The standard InChI is InChI=1S/C11H20N2S/c1-7(2)9-10(8(3)4)13(6)11(14)12(9)5/h7-8H,1-6H3. The van der Waals surface area contributed by atoms with Gasteiger partial charge in [0, 0.05) is 25.5 Å². The van der Waals surface area contributed by atoms with Crippen LogP contribution in [0.3, 0.4) is 0 Å². The Morgan fingerprint density at radius 1 is 0.857 bits per heavy atom. The van der Waals surface area contributed by atoms with Crippen LogP contribution in [0.1, 0.15) is 50.9 Å². The molecular formula is C11H20N2S. The van der Waals surface area contributed by atoms with Crippen molar-refractivity contribution in [3.05, 3.63) is 16.2 Å². The van der Waals surface area contributed by atoms with Crippen LogP contribution in [0.5, 0.6) is 0 Å². The van der Waals surface area contributed by atoms with E-state index in [1.54, 1.807) is 0 Å². The van der Waals surface area contributed by atoms with E-state index in [0.29, 0.717) is 11.8 Å². The van der Waals surface area contributed by atoms with E-state index in [9.17, 15) is 0 Å². The van der Waals surface area contributed by atoms with E-state index < -0.39 is 0 Å². The number of nitrogens with zero attached hydrogens (tertiary/aromatic N) is 2. The third-order valence-corrected chi connectivity index (χ3v) is 3.20. The summed E-state index contributed by atoms with van der Waals surface area (Å²) >= 11 is 5.37. The van der Waals surface area contributed by atoms with Gasteiger partial charge in [0.1, 0.15) is 0 Å². The highest BCUT2D eigenvalue weighted by atomic mass is 32.1. The van der Waals surface area contributed by atoms with Crippen LogP contribution < -0.4 is 0 Å². The third kappa shape index (κ3) is 1.65. The van der Waals surface area contributed by atoms with Crippen molar-refractivity contribution < 1.29 is 0 Å². The fourth-order valence-electron chi connectivity index (χ4n) is 2.14. The molecule has 0 aliphatic rings. The lowest BCUT2D eigenvalue weighted by atomic mass is 10.0. The van der Waals surface area contributed by atoms with Gasteiger partial charge in [0.05, 0.1) is 0 Å². The van der Waals surface area contributed by atoms with Gasteiger partial charge >= 0.3 is 0 Å². The molecule has 0 aliphatic heterocycles. The first-order valence-electron chi connectivity index (χ1n) is 5.13. The van der Waals surface area contributed by atoms with Gasteiger partial charge in [-0.3, -0.25) is 0 Å². The smallest absolute Gasteiger partial charge is 0.179 e. The van der Waals surface area contributed by atoms with Gasteiger partial charge in [-0.2, -0.15) is 0 Å². The Balaban J connectivity index is 3.54. The van der Waals surface area contributed by atoms with Crippen LogP contribution in [0.4, 0.5) is 0 Å². The molecule has 1 heterocycles. The van der Waals surface area contributed by atoms with E-state index in [1.165, 1.54) is 11.4 Å². The molecule has 0 bridgehead atoms. The first-order valence-corrected chi connectivity index (χ1v) is 5.54. The molecule has 1 rings (SSSR count). The average molecular weight is 212 g/mol. The number of imidazole rings is 1. The summed E-state index contributed by atoms with van der Waals surface area (Å²) in [6, 6.07) is 0. The molecule has 0 unspecified atom stereocenters. The van der Waals surface area contributed by atoms with Crippen molar-refractivity contribution in [1.82, 2.24) is 9.13 Å². The molecule has 0 spiro atoms. The molecule has 0 aromatic carbocycles. The minimum Gasteiger partial charge on any atom is -0.323 e. The van der Waals surface area contributed by atoms with Crippen LogP contribution in [0.2, 0.25) is 0 Å². The number of hydrogen-bond donors (Lipinski definition) is 0. The topological polar surface area (TPSA) is 9.86 Å². The summed E-state index contributed by atoms with van der Waals surface area (Å²) in [5, 5.41) is 0. The lowest BCUT2D eigenvalue weighted by molar-refractivity contribution is 0.695. The second-order valence-electron chi connectivity index (χ2n) is 4.48. The number of hydrogen-bond acceptors (Lipinski definition) is 1. The largest absolute Gasteiger partial charge is 0.323 e. The summed E-state index contributed by atoms with van der Waals surface area (Å²) in [6.45, 7) is 8.87. The van der Waals surface area contributed by atoms with E-state index in [2.05, 4.69) is 50.9 Å². The van der Waals surface area contributed by atoms with E-state index >= 15 is 0 Å². The van der Waals surface area contributed by atoms with Gasteiger partial charge in [0.25, 0.3) is 0 Å². The van der Waals surface area contributed by atoms with Crippen LogP contribution in [0.15, 0.2) is 0 Å². The molecule has 80 valence electrons. The SMILES string of the molecule is CC(C)c1c(C(C)C)n(C)c(=S)n1C. The highest BCUT2D eigenvalue weighted by Gasteiger charge is 2.18. The molecule has 0 N–H and O–H groups in total. The van der Waals surface area contributed by atoms with Gasteiger partial charge in [-0.1, -0.05) is 27.7 Å². The highest BCUT2D eigenvalue weighted by Crippen LogP contribution is 2.26. The van der Waals surface area contributed by atoms with Crippen LogP contribution in [0, 0.1) is 4.77 Å². The van der Waals surface area contributed by atoms with Crippen LogP contribution in [0.25, 0.3) is 0 Å².